The molecule has 0 saturated heterocycles. The number of amides is 1. The third kappa shape index (κ3) is 1.30. The molecule has 1 amide bonds. The molecule has 0 bridgehead atoms. The SMILES string of the molecule is CC(=O)N1Cc2nnc(N)nc2C1. The van der Waals surface area contributed by atoms with Gasteiger partial charge in [0.15, 0.2) is 0 Å². The topological polar surface area (TPSA) is 85.0 Å². The number of anilines is 1. The number of rotatable bonds is 0. The van der Waals surface area contributed by atoms with Crippen LogP contribution in [-0.2, 0) is 17.9 Å². The Labute approximate surface area is 74.8 Å². The van der Waals surface area contributed by atoms with E-state index in [1.807, 2.05) is 0 Å². The zero-order valence-electron chi connectivity index (χ0n) is 7.19. The molecule has 6 nitrogen and oxygen atoms in total. The fraction of sp³-hybridized carbons (Fsp3) is 0.429. The average molecular weight is 179 g/mol. The minimum atomic E-state index is 0.0124. The second-order valence-corrected chi connectivity index (χ2v) is 2.94. The fourth-order valence-corrected chi connectivity index (χ4v) is 1.28. The molecular formula is C7H9N5O. The highest BCUT2D eigenvalue weighted by Gasteiger charge is 2.23. The molecular weight excluding hydrogens is 170 g/mol. The molecule has 2 rings (SSSR count). The lowest BCUT2D eigenvalue weighted by Gasteiger charge is -2.09. The molecule has 0 radical (unpaired) electrons. The van der Waals surface area contributed by atoms with Gasteiger partial charge in [-0.1, -0.05) is 0 Å². The van der Waals surface area contributed by atoms with E-state index in [2.05, 4.69) is 15.2 Å². The van der Waals surface area contributed by atoms with Gasteiger partial charge in [-0.15, -0.1) is 10.2 Å². The van der Waals surface area contributed by atoms with E-state index in [0.717, 1.165) is 11.4 Å². The molecule has 1 aromatic heterocycles. The highest BCUT2D eigenvalue weighted by atomic mass is 16.2. The van der Waals surface area contributed by atoms with Gasteiger partial charge >= 0.3 is 0 Å². The largest absolute Gasteiger partial charge is 0.366 e. The van der Waals surface area contributed by atoms with Crippen molar-refractivity contribution in [2.75, 3.05) is 5.73 Å². The van der Waals surface area contributed by atoms with Gasteiger partial charge in [0.1, 0.15) is 5.69 Å². The van der Waals surface area contributed by atoms with Crippen LogP contribution in [0.3, 0.4) is 0 Å². The minimum absolute atomic E-state index is 0.0124. The molecule has 68 valence electrons. The Morgan fingerprint density at radius 2 is 2.08 bits per heavy atom. The van der Waals surface area contributed by atoms with Crippen molar-refractivity contribution in [3.63, 3.8) is 0 Å². The van der Waals surface area contributed by atoms with Crippen LogP contribution in [0.4, 0.5) is 5.95 Å². The lowest BCUT2D eigenvalue weighted by atomic mass is 10.4. The van der Waals surface area contributed by atoms with Crippen LogP contribution in [0.2, 0.25) is 0 Å². The molecule has 0 saturated carbocycles. The van der Waals surface area contributed by atoms with E-state index in [1.165, 1.54) is 6.92 Å². The molecule has 2 heterocycles. The number of hydrogen-bond donors (Lipinski definition) is 1. The van der Waals surface area contributed by atoms with Gasteiger partial charge in [-0.05, 0) is 0 Å². The van der Waals surface area contributed by atoms with Crippen LogP contribution in [0.1, 0.15) is 18.3 Å². The van der Waals surface area contributed by atoms with Gasteiger partial charge in [-0.2, -0.15) is 0 Å². The second kappa shape index (κ2) is 2.65. The van der Waals surface area contributed by atoms with Crippen LogP contribution in [0.25, 0.3) is 0 Å². The number of nitrogens with zero attached hydrogens (tertiary/aromatic N) is 4. The van der Waals surface area contributed by atoms with E-state index in [9.17, 15) is 4.79 Å². The zero-order chi connectivity index (χ0) is 9.42. The van der Waals surface area contributed by atoms with Gasteiger partial charge in [0, 0.05) is 6.92 Å². The van der Waals surface area contributed by atoms with Gasteiger partial charge in [-0.3, -0.25) is 4.79 Å². The average Bonchev–Trinajstić information content (AvgIpc) is 2.46. The molecule has 1 aliphatic heterocycles. The highest BCUT2D eigenvalue weighted by Crippen LogP contribution is 2.18. The molecule has 1 aromatic rings. The smallest absolute Gasteiger partial charge is 0.240 e. The zero-order valence-corrected chi connectivity index (χ0v) is 7.19. The molecule has 0 spiro atoms. The van der Waals surface area contributed by atoms with E-state index >= 15 is 0 Å². The van der Waals surface area contributed by atoms with Gasteiger partial charge in [-0.25, -0.2) is 4.98 Å². The molecule has 0 aliphatic carbocycles. The fourth-order valence-electron chi connectivity index (χ4n) is 1.28. The summed E-state index contributed by atoms with van der Waals surface area (Å²) < 4.78 is 0. The summed E-state index contributed by atoms with van der Waals surface area (Å²) in [4.78, 5) is 16.7. The first kappa shape index (κ1) is 7.90. The molecule has 0 atom stereocenters. The summed E-state index contributed by atoms with van der Waals surface area (Å²) in [6.45, 7) is 2.50. The maximum atomic E-state index is 11.0. The summed E-state index contributed by atoms with van der Waals surface area (Å²) >= 11 is 0. The normalized spacial score (nSPS) is 14.4. The number of carbonyl (C=O) groups is 1. The third-order valence-corrected chi connectivity index (χ3v) is 1.98. The predicted octanol–water partition coefficient (Wildman–Crippen LogP) is -0.684. The van der Waals surface area contributed by atoms with Crippen LogP contribution in [-0.4, -0.2) is 26.0 Å². The monoisotopic (exact) mass is 179 g/mol. The first-order valence-corrected chi connectivity index (χ1v) is 3.90. The van der Waals surface area contributed by atoms with E-state index in [1.54, 1.807) is 4.90 Å². The number of aromatic nitrogens is 3. The maximum Gasteiger partial charge on any atom is 0.240 e. The molecule has 13 heavy (non-hydrogen) atoms. The molecule has 0 unspecified atom stereocenters. The maximum absolute atomic E-state index is 11.0. The Morgan fingerprint density at radius 3 is 2.77 bits per heavy atom. The number of nitrogens with two attached hydrogens (primary N) is 1. The Balaban J connectivity index is 2.30. The van der Waals surface area contributed by atoms with Crippen LogP contribution in [0.5, 0.6) is 0 Å². The van der Waals surface area contributed by atoms with Crippen molar-refractivity contribution < 1.29 is 4.79 Å². The number of carbonyl (C=O) groups excluding carboxylic acids is 1. The van der Waals surface area contributed by atoms with Crippen LogP contribution in [0, 0.1) is 0 Å². The first-order valence-electron chi connectivity index (χ1n) is 3.90. The van der Waals surface area contributed by atoms with Crippen molar-refractivity contribution in [1.29, 1.82) is 0 Å². The summed E-state index contributed by atoms with van der Waals surface area (Å²) in [6, 6.07) is 0. The van der Waals surface area contributed by atoms with Crippen molar-refractivity contribution in [2.24, 2.45) is 0 Å². The Hall–Kier alpha value is -1.72. The van der Waals surface area contributed by atoms with Crippen LogP contribution < -0.4 is 5.73 Å². The van der Waals surface area contributed by atoms with Gasteiger partial charge in [0.25, 0.3) is 0 Å². The Bertz CT molecular complexity index is 364. The number of nitrogen functional groups attached to an aromatic ring is 1. The summed E-state index contributed by atoms with van der Waals surface area (Å²) in [5.74, 6) is 0.169. The van der Waals surface area contributed by atoms with Gasteiger partial charge in [0.05, 0.1) is 18.8 Å². The summed E-state index contributed by atoms with van der Waals surface area (Å²) in [5.41, 5.74) is 6.86. The van der Waals surface area contributed by atoms with Crippen LogP contribution in [0.15, 0.2) is 0 Å². The Kier molecular flexibility index (Phi) is 1.61. The lowest BCUT2D eigenvalue weighted by Crippen LogP contribution is -2.21. The summed E-state index contributed by atoms with van der Waals surface area (Å²) in [6.07, 6.45) is 0. The summed E-state index contributed by atoms with van der Waals surface area (Å²) in [5, 5.41) is 7.48. The molecule has 2 N–H and O–H groups in total. The van der Waals surface area contributed by atoms with Crippen molar-refractivity contribution in [2.45, 2.75) is 20.0 Å². The van der Waals surface area contributed by atoms with E-state index < -0.39 is 0 Å². The Morgan fingerprint density at radius 1 is 1.38 bits per heavy atom. The van der Waals surface area contributed by atoms with Gasteiger partial charge in [0.2, 0.25) is 11.9 Å². The quantitative estimate of drug-likeness (QED) is 0.570. The van der Waals surface area contributed by atoms with E-state index in [4.69, 9.17) is 5.73 Å². The molecule has 6 heteroatoms. The molecule has 0 fully saturated rings. The van der Waals surface area contributed by atoms with Crippen molar-refractivity contribution in [3.8, 4) is 0 Å². The van der Waals surface area contributed by atoms with Crippen molar-refractivity contribution >= 4 is 11.9 Å². The number of fused-ring (bicyclic) bond motifs is 1. The summed E-state index contributed by atoms with van der Waals surface area (Å²) in [7, 11) is 0. The lowest BCUT2D eigenvalue weighted by molar-refractivity contribution is -0.129. The standard InChI is InChI=1S/C7H9N5O/c1-4(13)12-2-5-6(3-12)10-11-7(8)9-5/h2-3H2,1H3,(H2,8,9,11). The number of hydrogen-bond acceptors (Lipinski definition) is 5. The van der Waals surface area contributed by atoms with E-state index in [0.29, 0.717) is 13.1 Å². The van der Waals surface area contributed by atoms with Crippen molar-refractivity contribution in [3.05, 3.63) is 11.4 Å². The van der Waals surface area contributed by atoms with Gasteiger partial charge < -0.3 is 10.6 Å². The first-order chi connectivity index (χ1) is 6.16. The highest BCUT2D eigenvalue weighted by molar-refractivity contribution is 5.73. The van der Waals surface area contributed by atoms with Crippen molar-refractivity contribution in [1.82, 2.24) is 20.1 Å². The molecule has 0 aromatic carbocycles. The molecule has 1 aliphatic rings. The predicted molar refractivity (Wildman–Crippen MR) is 44.2 cm³/mol. The minimum Gasteiger partial charge on any atom is -0.366 e. The third-order valence-electron chi connectivity index (χ3n) is 1.98. The second-order valence-electron chi connectivity index (χ2n) is 2.94. The van der Waals surface area contributed by atoms with Crippen LogP contribution >= 0.6 is 0 Å². The van der Waals surface area contributed by atoms with E-state index in [-0.39, 0.29) is 11.9 Å².